The molecule has 1 aliphatic carbocycles. The van der Waals surface area contributed by atoms with E-state index in [0.29, 0.717) is 5.92 Å². The Morgan fingerprint density at radius 2 is 2.05 bits per heavy atom. The van der Waals surface area contributed by atoms with Crippen LogP contribution in [0.25, 0.3) is 0 Å². The third kappa shape index (κ3) is 3.66. The van der Waals surface area contributed by atoms with E-state index in [2.05, 4.69) is 45.1 Å². The zero-order valence-corrected chi connectivity index (χ0v) is 13.2. The van der Waals surface area contributed by atoms with Crippen molar-refractivity contribution in [2.45, 2.75) is 45.4 Å². The second kappa shape index (κ2) is 6.18. The molecule has 1 saturated carbocycles. The Hall–Kier alpha value is -0.680. The molecule has 0 radical (unpaired) electrons. The monoisotopic (exact) mass is 327 g/mol. The maximum atomic E-state index is 9.58. The van der Waals surface area contributed by atoms with Gasteiger partial charge in [-0.2, -0.15) is 0 Å². The van der Waals surface area contributed by atoms with Gasteiger partial charge in [0.15, 0.2) is 0 Å². The van der Waals surface area contributed by atoms with Crippen LogP contribution >= 0.6 is 15.9 Å². The fraction of sp³-hybridized carbons (Fsp3) is 0.714. The average Bonchev–Trinajstić information content (AvgIpc) is 3.25. The van der Waals surface area contributed by atoms with Crippen molar-refractivity contribution in [2.24, 2.45) is 5.41 Å². The molecule has 0 atom stereocenters. The summed E-state index contributed by atoms with van der Waals surface area (Å²) < 4.78 is 0.828. The summed E-state index contributed by atoms with van der Waals surface area (Å²) >= 11 is 3.44. The minimum Gasteiger partial charge on any atom is -0.396 e. The summed E-state index contributed by atoms with van der Waals surface area (Å²) in [6, 6.07) is 1.90. The van der Waals surface area contributed by atoms with Gasteiger partial charge >= 0.3 is 0 Å². The predicted octanol–water partition coefficient (Wildman–Crippen LogP) is 3.33. The van der Waals surface area contributed by atoms with Gasteiger partial charge in [0.25, 0.3) is 0 Å². The van der Waals surface area contributed by atoms with E-state index in [4.69, 9.17) is 0 Å². The standard InChI is InChI=1S/C14H22BrN3O/c1-3-14(4-2,9-19)8-16-12-7-11(15)17-13(18-12)10-5-6-10/h7,10,19H,3-6,8-9H2,1-2H3,(H,16,17,18). The van der Waals surface area contributed by atoms with Crippen LogP contribution in [0.1, 0.15) is 51.3 Å². The first-order valence-corrected chi connectivity index (χ1v) is 7.81. The lowest BCUT2D eigenvalue weighted by Crippen LogP contribution is -2.32. The first-order chi connectivity index (χ1) is 9.12. The third-order valence-electron chi connectivity index (χ3n) is 4.13. The third-order valence-corrected chi connectivity index (χ3v) is 4.54. The minimum atomic E-state index is -0.0584. The number of hydrogen-bond donors (Lipinski definition) is 2. The highest BCUT2D eigenvalue weighted by Crippen LogP contribution is 2.39. The summed E-state index contributed by atoms with van der Waals surface area (Å²) in [5, 5.41) is 12.9. The van der Waals surface area contributed by atoms with E-state index in [1.165, 1.54) is 12.8 Å². The van der Waals surface area contributed by atoms with Gasteiger partial charge in [-0.15, -0.1) is 0 Å². The van der Waals surface area contributed by atoms with Crippen molar-refractivity contribution in [3.63, 3.8) is 0 Å². The Kier molecular flexibility index (Phi) is 4.79. The van der Waals surface area contributed by atoms with E-state index in [9.17, 15) is 5.11 Å². The minimum absolute atomic E-state index is 0.0584. The van der Waals surface area contributed by atoms with E-state index in [0.717, 1.165) is 35.6 Å². The van der Waals surface area contributed by atoms with Crippen molar-refractivity contribution in [3.05, 3.63) is 16.5 Å². The Labute approximate surface area is 123 Å². The van der Waals surface area contributed by atoms with Crippen LogP contribution in [-0.2, 0) is 0 Å². The van der Waals surface area contributed by atoms with Gasteiger partial charge in [0.2, 0.25) is 0 Å². The van der Waals surface area contributed by atoms with Gasteiger partial charge in [0, 0.05) is 23.9 Å². The van der Waals surface area contributed by atoms with Gasteiger partial charge in [0.05, 0.1) is 6.61 Å². The zero-order chi connectivity index (χ0) is 13.9. The molecule has 1 heterocycles. The first-order valence-electron chi connectivity index (χ1n) is 7.01. The molecule has 1 aromatic heterocycles. The lowest BCUT2D eigenvalue weighted by atomic mass is 9.83. The van der Waals surface area contributed by atoms with Crippen LogP contribution < -0.4 is 5.32 Å². The lowest BCUT2D eigenvalue weighted by molar-refractivity contribution is 0.127. The highest BCUT2D eigenvalue weighted by Gasteiger charge is 2.28. The molecule has 0 aromatic carbocycles. The Morgan fingerprint density at radius 1 is 1.37 bits per heavy atom. The smallest absolute Gasteiger partial charge is 0.135 e. The number of hydrogen-bond acceptors (Lipinski definition) is 4. The fourth-order valence-electron chi connectivity index (χ4n) is 2.11. The normalized spacial score (nSPS) is 15.6. The second-order valence-electron chi connectivity index (χ2n) is 5.43. The number of rotatable bonds is 7. The van der Waals surface area contributed by atoms with Crippen LogP contribution in [0.2, 0.25) is 0 Å². The number of nitrogens with one attached hydrogen (secondary N) is 1. The molecule has 0 amide bonds. The number of anilines is 1. The van der Waals surface area contributed by atoms with Gasteiger partial charge in [0.1, 0.15) is 16.2 Å². The largest absolute Gasteiger partial charge is 0.396 e. The molecule has 106 valence electrons. The van der Waals surface area contributed by atoms with Crippen LogP contribution in [-0.4, -0.2) is 28.2 Å². The van der Waals surface area contributed by atoms with E-state index < -0.39 is 0 Å². The average molecular weight is 328 g/mol. The Bertz CT molecular complexity index is 422. The van der Waals surface area contributed by atoms with Gasteiger partial charge in [-0.05, 0) is 41.6 Å². The summed E-state index contributed by atoms with van der Waals surface area (Å²) in [5.74, 6) is 2.32. The van der Waals surface area contributed by atoms with Crippen molar-refractivity contribution < 1.29 is 5.11 Å². The zero-order valence-electron chi connectivity index (χ0n) is 11.6. The first kappa shape index (κ1) is 14.7. The number of aliphatic hydroxyl groups is 1. The molecular weight excluding hydrogens is 306 g/mol. The van der Waals surface area contributed by atoms with Crippen molar-refractivity contribution in [2.75, 3.05) is 18.5 Å². The van der Waals surface area contributed by atoms with Crippen LogP contribution in [0.3, 0.4) is 0 Å². The Morgan fingerprint density at radius 3 is 2.58 bits per heavy atom. The maximum absolute atomic E-state index is 9.58. The molecule has 5 heteroatoms. The number of halogens is 1. The fourth-order valence-corrected chi connectivity index (χ4v) is 2.51. The SMILES string of the molecule is CCC(CC)(CO)CNc1cc(Br)nc(C2CC2)n1. The summed E-state index contributed by atoms with van der Waals surface area (Å²) in [4.78, 5) is 8.98. The molecule has 0 aliphatic heterocycles. The molecule has 2 N–H and O–H groups in total. The van der Waals surface area contributed by atoms with E-state index >= 15 is 0 Å². The van der Waals surface area contributed by atoms with Crippen molar-refractivity contribution in [1.82, 2.24) is 9.97 Å². The van der Waals surface area contributed by atoms with Crippen molar-refractivity contribution >= 4 is 21.7 Å². The van der Waals surface area contributed by atoms with Crippen LogP contribution in [0, 0.1) is 5.41 Å². The highest BCUT2D eigenvalue weighted by molar-refractivity contribution is 9.10. The topological polar surface area (TPSA) is 58.0 Å². The van der Waals surface area contributed by atoms with Gasteiger partial charge in [-0.25, -0.2) is 9.97 Å². The molecule has 1 fully saturated rings. The molecule has 0 bridgehead atoms. The van der Waals surface area contributed by atoms with Gasteiger partial charge in [-0.3, -0.25) is 0 Å². The summed E-state index contributed by atoms with van der Waals surface area (Å²) in [7, 11) is 0. The molecule has 1 aromatic rings. The van der Waals surface area contributed by atoms with E-state index in [1.807, 2.05) is 6.07 Å². The van der Waals surface area contributed by atoms with E-state index in [-0.39, 0.29) is 12.0 Å². The highest BCUT2D eigenvalue weighted by atomic mass is 79.9. The molecule has 0 unspecified atom stereocenters. The molecule has 19 heavy (non-hydrogen) atoms. The van der Waals surface area contributed by atoms with Crippen LogP contribution in [0.5, 0.6) is 0 Å². The second-order valence-corrected chi connectivity index (χ2v) is 6.24. The van der Waals surface area contributed by atoms with Crippen LogP contribution in [0.15, 0.2) is 10.7 Å². The van der Waals surface area contributed by atoms with E-state index in [1.54, 1.807) is 0 Å². The van der Waals surface area contributed by atoms with Crippen molar-refractivity contribution in [1.29, 1.82) is 0 Å². The summed E-state index contributed by atoms with van der Waals surface area (Å²) in [6.07, 6.45) is 4.30. The molecule has 0 saturated heterocycles. The summed E-state index contributed by atoms with van der Waals surface area (Å²) in [5.41, 5.74) is -0.0584. The Balaban J connectivity index is 2.06. The van der Waals surface area contributed by atoms with Gasteiger partial charge < -0.3 is 10.4 Å². The molecule has 0 spiro atoms. The summed E-state index contributed by atoms with van der Waals surface area (Å²) in [6.45, 7) is 5.18. The van der Waals surface area contributed by atoms with Gasteiger partial charge in [-0.1, -0.05) is 13.8 Å². The number of aliphatic hydroxyl groups excluding tert-OH is 1. The number of aromatic nitrogens is 2. The van der Waals surface area contributed by atoms with Crippen molar-refractivity contribution in [3.8, 4) is 0 Å². The quantitative estimate of drug-likeness (QED) is 0.754. The van der Waals surface area contributed by atoms with Crippen LogP contribution in [0.4, 0.5) is 5.82 Å². The lowest BCUT2D eigenvalue weighted by Gasteiger charge is -2.29. The molecule has 1 aliphatic rings. The molecule has 4 nitrogen and oxygen atoms in total. The predicted molar refractivity (Wildman–Crippen MR) is 80.3 cm³/mol. The molecular formula is C14H22BrN3O. The molecule has 2 rings (SSSR count). The number of nitrogens with zero attached hydrogens (tertiary/aromatic N) is 2. The maximum Gasteiger partial charge on any atom is 0.135 e.